The lowest BCUT2D eigenvalue weighted by atomic mass is 10.0. The minimum Gasteiger partial charge on any atom is -0.496 e. The first-order valence-corrected chi connectivity index (χ1v) is 4.67. The summed E-state index contributed by atoms with van der Waals surface area (Å²) in [6.07, 6.45) is 1.21. The normalized spacial score (nSPS) is 13.8. The molecule has 0 atom stereocenters. The first-order chi connectivity index (χ1) is 7.13. The number of primary amides is 1. The summed E-state index contributed by atoms with van der Waals surface area (Å²) in [7, 11) is 1.48. The van der Waals surface area contributed by atoms with Gasteiger partial charge in [-0.1, -0.05) is 0 Å². The van der Waals surface area contributed by atoms with Crippen LogP contribution in [-0.2, 0) is 6.42 Å². The van der Waals surface area contributed by atoms with E-state index in [2.05, 4.69) is 0 Å². The second kappa shape index (κ2) is 3.38. The number of hydrogen-bond acceptors (Lipinski definition) is 3. The number of rotatable bonds is 2. The van der Waals surface area contributed by atoms with E-state index in [0.717, 1.165) is 5.56 Å². The number of Topliss-reactive ketones (excluding diaryl/α,β-unsaturated/α-hetero) is 1. The Hall–Kier alpha value is -1.84. The summed E-state index contributed by atoms with van der Waals surface area (Å²) in [6, 6.07) is 3.26. The number of methoxy groups -OCH3 is 1. The molecule has 78 valence electrons. The van der Waals surface area contributed by atoms with Gasteiger partial charge in [0.1, 0.15) is 5.75 Å². The molecule has 0 aliphatic heterocycles. The van der Waals surface area contributed by atoms with Crippen molar-refractivity contribution >= 4 is 11.7 Å². The van der Waals surface area contributed by atoms with E-state index in [4.69, 9.17) is 10.5 Å². The Labute approximate surface area is 87.0 Å². The zero-order valence-electron chi connectivity index (χ0n) is 8.37. The van der Waals surface area contributed by atoms with Gasteiger partial charge in [0.05, 0.1) is 12.7 Å². The lowest BCUT2D eigenvalue weighted by Gasteiger charge is -2.07. The predicted octanol–water partition coefficient (Wildman–Crippen LogP) is 0.923. The van der Waals surface area contributed by atoms with Gasteiger partial charge in [0.25, 0.3) is 5.91 Å². The largest absolute Gasteiger partial charge is 0.496 e. The van der Waals surface area contributed by atoms with E-state index in [0.29, 0.717) is 24.2 Å². The number of nitrogens with two attached hydrogens (primary N) is 1. The highest BCUT2D eigenvalue weighted by molar-refractivity contribution is 6.04. The van der Waals surface area contributed by atoms with Gasteiger partial charge in [-0.25, -0.2) is 0 Å². The zero-order chi connectivity index (χ0) is 11.0. The first kappa shape index (κ1) is 9.71. The van der Waals surface area contributed by atoms with E-state index in [1.807, 2.05) is 0 Å². The van der Waals surface area contributed by atoms with Crippen LogP contribution in [0.4, 0.5) is 0 Å². The Morgan fingerprint density at radius 1 is 1.40 bits per heavy atom. The van der Waals surface area contributed by atoms with Crippen LogP contribution < -0.4 is 10.5 Å². The molecule has 1 aliphatic carbocycles. The van der Waals surface area contributed by atoms with E-state index >= 15 is 0 Å². The van der Waals surface area contributed by atoms with Crippen molar-refractivity contribution in [1.29, 1.82) is 0 Å². The minimum absolute atomic E-state index is 0.0650. The number of amides is 1. The Kier molecular flexibility index (Phi) is 2.19. The van der Waals surface area contributed by atoms with Crippen LogP contribution in [0.2, 0.25) is 0 Å². The van der Waals surface area contributed by atoms with Crippen LogP contribution in [0.15, 0.2) is 12.1 Å². The summed E-state index contributed by atoms with van der Waals surface area (Å²) in [5.41, 5.74) is 7.00. The minimum atomic E-state index is -0.575. The third kappa shape index (κ3) is 1.48. The number of carbonyl (C=O) groups excluding carboxylic acids is 2. The van der Waals surface area contributed by atoms with Crippen LogP contribution in [0.3, 0.4) is 0 Å². The first-order valence-electron chi connectivity index (χ1n) is 4.67. The predicted molar refractivity (Wildman–Crippen MR) is 54.2 cm³/mol. The zero-order valence-corrected chi connectivity index (χ0v) is 8.37. The second-order valence-corrected chi connectivity index (χ2v) is 3.50. The molecule has 4 nitrogen and oxygen atoms in total. The summed E-state index contributed by atoms with van der Waals surface area (Å²) in [5, 5.41) is 0. The molecule has 1 amide bonds. The SMILES string of the molecule is COc1cc2c(cc1C(N)=O)C(=O)CC2. The van der Waals surface area contributed by atoms with E-state index in [-0.39, 0.29) is 11.3 Å². The van der Waals surface area contributed by atoms with Crippen LogP contribution >= 0.6 is 0 Å². The number of fused-ring (bicyclic) bond motifs is 1. The molecule has 4 heteroatoms. The van der Waals surface area contributed by atoms with Gasteiger partial charge in [0, 0.05) is 12.0 Å². The Morgan fingerprint density at radius 3 is 2.73 bits per heavy atom. The van der Waals surface area contributed by atoms with Crippen molar-refractivity contribution in [3.05, 3.63) is 28.8 Å². The van der Waals surface area contributed by atoms with Crippen LogP contribution in [0, 0.1) is 0 Å². The topological polar surface area (TPSA) is 69.4 Å². The molecular formula is C11H11NO3. The molecule has 2 N–H and O–H groups in total. The molecule has 1 aromatic carbocycles. The van der Waals surface area contributed by atoms with Crippen molar-refractivity contribution in [3.63, 3.8) is 0 Å². The molecule has 15 heavy (non-hydrogen) atoms. The monoisotopic (exact) mass is 205 g/mol. The average Bonchev–Trinajstić information content (AvgIpc) is 2.58. The fourth-order valence-corrected chi connectivity index (χ4v) is 1.83. The molecule has 0 unspecified atom stereocenters. The average molecular weight is 205 g/mol. The Bertz CT molecular complexity index is 451. The third-order valence-electron chi connectivity index (χ3n) is 2.61. The van der Waals surface area contributed by atoms with Gasteiger partial charge in [-0.3, -0.25) is 9.59 Å². The molecule has 0 spiro atoms. The van der Waals surface area contributed by atoms with Crippen molar-refractivity contribution in [2.75, 3.05) is 7.11 Å². The fraction of sp³-hybridized carbons (Fsp3) is 0.273. The van der Waals surface area contributed by atoms with E-state index in [9.17, 15) is 9.59 Å². The molecule has 1 aliphatic rings. The maximum atomic E-state index is 11.4. The van der Waals surface area contributed by atoms with Gasteiger partial charge in [-0.05, 0) is 24.1 Å². The molecule has 2 rings (SSSR count). The van der Waals surface area contributed by atoms with Gasteiger partial charge in [0.15, 0.2) is 5.78 Å². The van der Waals surface area contributed by atoms with Crippen molar-refractivity contribution in [3.8, 4) is 5.75 Å². The van der Waals surface area contributed by atoms with Crippen molar-refractivity contribution < 1.29 is 14.3 Å². The van der Waals surface area contributed by atoms with Gasteiger partial charge < -0.3 is 10.5 Å². The number of carbonyl (C=O) groups is 2. The summed E-state index contributed by atoms with van der Waals surface area (Å²) in [5.74, 6) is -0.0690. The molecule has 0 saturated heterocycles. The van der Waals surface area contributed by atoms with Gasteiger partial charge >= 0.3 is 0 Å². The quantitative estimate of drug-likeness (QED) is 0.780. The lowest BCUT2D eigenvalue weighted by Crippen LogP contribution is -2.13. The molecule has 0 aromatic heterocycles. The standard InChI is InChI=1S/C11H11NO3/c1-15-10-4-6-2-3-9(13)7(6)5-8(10)11(12)14/h4-5H,2-3H2,1H3,(H2,12,14). The highest BCUT2D eigenvalue weighted by atomic mass is 16.5. The molecule has 0 bridgehead atoms. The van der Waals surface area contributed by atoms with Crippen LogP contribution in [0.25, 0.3) is 0 Å². The summed E-state index contributed by atoms with van der Waals surface area (Å²) < 4.78 is 5.06. The number of ether oxygens (including phenoxy) is 1. The summed E-state index contributed by atoms with van der Waals surface area (Å²) in [4.78, 5) is 22.6. The Morgan fingerprint density at radius 2 is 2.13 bits per heavy atom. The number of ketones is 1. The van der Waals surface area contributed by atoms with Crippen molar-refractivity contribution in [1.82, 2.24) is 0 Å². The van der Waals surface area contributed by atoms with E-state index < -0.39 is 5.91 Å². The summed E-state index contributed by atoms with van der Waals surface area (Å²) in [6.45, 7) is 0. The summed E-state index contributed by atoms with van der Waals surface area (Å²) >= 11 is 0. The molecular weight excluding hydrogens is 194 g/mol. The highest BCUT2D eigenvalue weighted by Crippen LogP contribution is 2.29. The van der Waals surface area contributed by atoms with Crippen molar-refractivity contribution in [2.45, 2.75) is 12.8 Å². The van der Waals surface area contributed by atoms with E-state index in [1.165, 1.54) is 13.2 Å². The fourth-order valence-electron chi connectivity index (χ4n) is 1.83. The highest BCUT2D eigenvalue weighted by Gasteiger charge is 2.23. The van der Waals surface area contributed by atoms with Gasteiger partial charge in [-0.2, -0.15) is 0 Å². The Balaban J connectivity index is 2.61. The number of aryl methyl sites for hydroxylation is 1. The number of hydrogen-bond donors (Lipinski definition) is 1. The van der Waals surface area contributed by atoms with Crippen LogP contribution in [0.1, 0.15) is 32.7 Å². The maximum absolute atomic E-state index is 11.4. The smallest absolute Gasteiger partial charge is 0.252 e. The molecule has 1 aromatic rings. The van der Waals surface area contributed by atoms with Crippen LogP contribution in [-0.4, -0.2) is 18.8 Å². The second-order valence-electron chi connectivity index (χ2n) is 3.50. The van der Waals surface area contributed by atoms with Gasteiger partial charge in [-0.15, -0.1) is 0 Å². The van der Waals surface area contributed by atoms with Crippen LogP contribution in [0.5, 0.6) is 5.75 Å². The van der Waals surface area contributed by atoms with Crippen molar-refractivity contribution in [2.24, 2.45) is 5.73 Å². The molecule has 0 radical (unpaired) electrons. The molecule has 0 fully saturated rings. The lowest BCUT2D eigenvalue weighted by molar-refractivity contribution is 0.0993. The van der Waals surface area contributed by atoms with E-state index in [1.54, 1.807) is 6.07 Å². The molecule has 0 heterocycles. The molecule has 0 saturated carbocycles. The third-order valence-corrected chi connectivity index (χ3v) is 2.61. The van der Waals surface area contributed by atoms with Gasteiger partial charge in [0.2, 0.25) is 0 Å². The number of benzene rings is 1. The maximum Gasteiger partial charge on any atom is 0.252 e.